The molecule has 0 spiro atoms. The van der Waals surface area contributed by atoms with E-state index in [1.54, 1.807) is 12.4 Å². The van der Waals surface area contributed by atoms with Gasteiger partial charge in [-0.1, -0.05) is 35.5 Å². The van der Waals surface area contributed by atoms with Crippen LogP contribution >= 0.6 is 0 Å². The van der Waals surface area contributed by atoms with Gasteiger partial charge in [-0.2, -0.15) is 4.98 Å². The highest BCUT2D eigenvalue weighted by molar-refractivity contribution is 5.53. The monoisotopic (exact) mass is 387 g/mol. The van der Waals surface area contributed by atoms with E-state index in [1.165, 1.54) is 6.33 Å². The second-order valence-electron chi connectivity index (χ2n) is 6.81. The summed E-state index contributed by atoms with van der Waals surface area (Å²) in [5.41, 5.74) is 2.92. The molecule has 0 radical (unpaired) electrons. The first-order chi connectivity index (χ1) is 14.3. The molecule has 1 aliphatic heterocycles. The number of H-pyrrole nitrogens is 1. The fourth-order valence-electron chi connectivity index (χ4n) is 3.39. The molecule has 0 unspecified atom stereocenters. The van der Waals surface area contributed by atoms with Gasteiger partial charge in [-0.3, -0.25) is 9.69 Å². The third-order valence-corrected chi connectivity index (χ3v) is 4.84. The van der Waals surface area contributed by atoms with Crippen molar-refractivity contribution in [2.24, 2.45) is 0 Å². The average Bonchev–Trinajstić information content (AvgIpc) is 3.24. The van der Waals surface area contributed by atoms with Crippen LogP contribution in [0.25, 0.3) is 22.8 Å². The molecule has 5 rings (SSSR count). The summed E-state index contributed by atoms with van der Waals surface area (Å²) in [5, 5.41) is 4.05. The van der Waals surface area contributed by atoms with Crippen LogP contribution in [0.3, 0.4) is 0 Å². The third-order valence-electron chi connectivity index (χ3n) is 4.84. The Morgan fingerprint density at radius 2 is 1.90 bits per heavy atom. The summed E-state index contributed by atoms with van der Waals surface area (Å²) in [6.45, 7) is 1.70. The number of aromatic amines is 1. The van der Waals surface area contributed by atoms with Gasteiger partial charge < -0.3 is 9.51 Å². The highest BCUT2D eigenvalue weighted by Crippen LogP contribution is 2.20. The number of aromatic nitrogens is 6. The predicted molar refractivity (Wildman–Crippen MR) is 103 cm³/mol. The summed E-state index contributed by atoms with van der Waals surface area (Å²) in [4.78, 5) is 34.6. The van der Waals surface area contributed by atoms with E-state index in [0.29, 0.717) is 48.2 Å². The molecule has 0 amide bonds. The molecule has 0 saturated heterocycles. The fraction of sp³-hybridized carbons (Fsp3) is 0.200. The fourth-order valence-corrected chi connectivity index (χ4v) is 3.39. The molecule has 0 aliphatic carbocycles. The zero-order chi connectivity index (χ0) is 19.6. The van der Waals surface area contributed by atoms with Crippen molar-refractivity contribution in [1.82, 2.24) is 35.0 Å². The van der Waals surface area contributed by atoms with E-state index in [1.807, 2.05) is 30.3 Å². The van der Waals surface area contributed by atoms with E-state index in [-0.39, 0.29) is 5.56 Å². The van der Waals surface area contributed by atoms with Crippen LogP contribution in [0.2, 0.25) is 0 Å². The highest BCUT2D eigenvalue weighted by atomic mass is 16.5. The average molecular weight is 387 g/mol. The lowest BCUT2D eigenvalue weighted by molar-refractivity contribution is 0.208. The zero-order valence-corrected chi connectivity index (χ0v) is 15.4. The van der Waals surface area contributed by atoms with Crippen LogP contribution in [-0.4, -0.2) is 41.5 Å². The standard InChI is InChI=1S/C20H17N7O2/c28-20-15-10-27(11-17-24-19(26-29-17)13-4-2-1-3-5-13)7-6-16(15)23-18(25-20)14-8-21-12-22-9-14/h1-5,8-9,12H,6-7,10-11H2,(H,23,25,28). The second-order valence-corrected chi connectivity index (χ2v) is 6.81. The predicted octanol–water partition coefficient (Wildman–Crippen LogP) is 1.84. The van der Waals surface area contributed by atoms with Crippen molar-refractivity contribution < 1.29 is 4.52 Å². The number of hydrogen-bond acceptors (Lipinski definition) is 8. The third kappa shape index (κ3) is 3.55. The Morgan fingerprint density at radius 1 is 1.07 bits per heavy atom. The van der Waals surface area contributed by atoms with Crippen LogP contribution < -0.4 is 5.56 Å². The molecule has 9 heteroatoms. The molecule has 0 atom stereocenters. The van der Waals surface area contributed by atoms with Crippen molar-refractivity contribution in [3.63, 3.8) is 0 Å². The maximum atomic E-state index is 12.6. The summed E-state index contributed by atoms with van der Waals surface area (Å²) < 4.78 is 5.40. The molecular formula is C20H17N7O2. The van der Waals surface area contributed by atoms with Crippen molar-refractivity contribution in [3.05, 3.63) is 76.6 Å². The Hall–Kier alpha value is -3.72. The first kappa shape index (κ1) is 17.4. The Morgan fingerprint density at radius 3 is 2.72 bits per heavy atom. The Labute approximate surface area is 165 Å². The molecule has 3 aromatic heterocycles. The number of nitrogens with zero attached hydrogens (tertiary/aromatic N) is 6. The minimum Gasteiger partial charge on any atom is -0.338 e. The quantitative estimate of drug-likeness (QED) is 0.564. The van der Waals surface area contributed by atoms with Gasteiger partial charge in [0.15, 0.2) is 0 Å². The topological polar surface area (TPSA) is 114 Å². The first-order valence-electron chi connectivity index (χ1n) is 9.24. The van der Waals surface area contributed by atoms with Crippen LogP contribution in [0.4, 0.5) is 0 Å². The van der Waals surface area contributed by atoms with E-state index in [0.717, 1.165) is 17.8 Å². The molecule has 4 aromatic rings. The van der Waals surface area contributed by atoms with Crippen LogP contribution in [0.1, 0.15) is 17.1 Å². The van der Waals surface area contributed by atoms with Crippen LogP contribution in [0.15, 0.2) is 58.4 Å². The summed E-state index contributed by atoms with van der Waals surface area (Å²) in [5.74, 6) is 1.58. The molecule has 144 valence electrons. The van der Waals surface area contributed by atoms with Crippen molar-refractivity contribution in [2.45, 2.75) is 19.5 Å². The summed E-state index contributed by atoms with van der Waals surface area (Å²) in [6.07, 6.45) is 5.37. The van der Waals surface area contributed by atoms with Gasteiger partial charge in [-0.15, -0.1) is 0 Å². The van der Waals surface area contributed by atoms with Gasteiger partial charge in [-0.05, 0) is 0 Å². The van der Waals surface area contributed by atoms with E-state index in [4.69, 9.17) is 4.52 Å². The van der Waals surface area contributed by atoms with Crippen LogP contribution in [-0.2, 0) is 19.5 Å². The molecule has 1 N–H and O–H groups in total. The number of nitrogens with one attached hydrogen (secondary N) is 1. The van der Waals surface area contributed by atoms with Crippen molar-refractivity contribution >= 4 is 0 Å². The lowest BCUT2D eigenvalue weighted by Crippen LogP contribution is -2.35. The molecule has 1 aliphatic rings. The highest BCUT2D eigenvalue weighted by Gasteiger charge is 2.23. The van der Waals surface area contributed by atoms with Gasteiger partial charge >= 0.3 is 0 Å². The maximum absolute atomic E-state index is 12.6. The molecule has 0 fully saturated rings. The summed E-state index contributed by atoms with van der Waals surface area (Å²) in [6, 6.07) is 9.68. The molecule has 0 saturated carbocycles. The minimum absolute atomic E-state index is 0.144. The number of fused-ring (bicyclic) bond motifs is 1. The van der Waals surface area contributed by atoms with Crippen molar-refractivity contribution in [2.75, 3.05) is 6.54 Å². The SMILES string of the molecule is O=c1[nH]c(-c2cncnc2)nc2c1CN(Cc1nc(-c3ccccc3)no1)CC2. The number of benzene rings is 1. The molecular weight excluding hydrogens is 370 g/mol. The van der Waals surface area contributed by atoms with Crippen molar-refractivity contribution in [3.8, 4) is 22.8 Å². The molecule has 1 aromatic carbocycles. The van der Waals surface area contributed by atoms with E-state index >= 15 is 0 Å². The normalized spacial score (nSPS) is 13.9. The number of rotatable bonds is 4. The van der Waals surface area contributed by atoms with E-state index in [9.17, 15) is 4.79 Å². The Bertz CT molecular complexity index is 1190. The lowest BCUT2D eigenvalue weighted by atomic mass is 10.1. The van der Waals surface area contributed by atoms with Gasteiger partial charge in [0, 0.05) is 37.5 Å². The Kier molecular flexibility index (Phi) is 4.41. The van der Waals surface area contributed by atoms with Gasteiger partial charge in [0.25, 0.3) is 5.56 Å². The molecule has 9 nitrogen and oxygen atoms in total. The zero-order valence-electron chi connectivity index (χ0n) is 15.4. The second kappa shape index (κ2) is 7.36. The summed E-state index contributed by atoms with van der Waals surface area (Å²) in [7, 11) is 0. The van der Waals surface area contributed by atoms with Gasteiger partial charge in [0.2, 0.25) is 11.7 Å². The lowest BCUT2D eigenvalue weighted by Gasteiger charge is -2.26. The Balaban J connectivity index is 1.34. The van der Waals surface area contributed by atoms with E-state index in [2.05, 4.69) is 35.0 Å². The molecule has 4 heterocycles. The van der Waals surface area contributed by atoms with Crippen molar-refractivity contribution in [1.29, 1.82) is 0 Å². The largest absolute Gasteiger partial charge is 0.338 e. The smallest absolute Gasteiger partial charge is 0.255 e. The molecule has 29 heavy (non-hydrogen) atoms. The van der Waals surface area contributed by atoms with Crippen LogP contribution in [0, 0.1) is 0 Å². The van der Waals surface area contributed by atoms with Crippen LogP contribution in [0.5, 0.6) is 0 Å². The van der Waals surface area contributed by atoms with Gasteiger partial charge in [0.1, 0.15) is 12.2 Å². The summed E-state index contributed by atoms with van der Waals surface area (Å²) >= 11 is 0. The number of hydrogen-bond donors (Lipinski definition) is 1. The van der Waals surface area contributed by atoms with Gasteiger partial charge in [-0.25, -0.2) is 15.0 Å². The van der Waals surface area contributed by atoms with E-state index < -0.39 is 0 Å². The minimum atomic E-state index is -0.144. The molecule has 0 bridgehead atoms. The van der Waals surface area contributed by atoms with Gasteiger partial charge in [0.05, 0.1) is 23.4 Å². The maximum Gasteiger partial charge on any atom is 0.255 e. The first-order valence-corrected chi connectivity index (χ1v) is 9.24.